The van der Waals surface area contributed by atoms with Crippen molar-refractivity contribution in [2.75, 3.05) is 0 Å². The quantitative estimate of drug-likeness (QED) is 0.532. The smallest absolute Gasteiger partial charge is 0 e. The van der Waals surface area contributed by atoms with Crippen LogP contribution in [0.15, 0.2) is 0 Å². The van der Waals surface area contributed by atoms with Gasteiger partial charge in [-0.1, -0.05) is 0 Å². The molecular formula is H2Cl2RuTi. The van der Waals surface area contributed by atoms with E-state index in [-0.39, 0.29) is 66.0 Å². The van der Waals surface area contributed by atoms with Crippen LogP contribution >= 0.6 is 24.8 Å². The van der Waals surface area contributed by atoms with Crippen LogP contribution in [0.3, 0.4) is 0 Å². The van der Waals surface area contributed by atoms with Crippen molar-refractivity contribution in [3.63, 3.8) is 0 Å². The average molecular weight is 222 g/mol. The zero-order valence-electron chi connectivity index (χ0n) is 1.67. The van der Waals surface area contributed by atoms with Gasteiger partial charge in [-0.05, 0) is 0 Å². The van der Waals surface area contributed by atoms with Crippen molar-refractivity contribution in [3.8, 4) is 0 Å². The molecule has 0 aromatic rings. The Morgan fingerprint density at radius 2 is 0.750 bits per heavy atom. The summed E-state index contributed by atoms with van der Waals surface area (Å²) in [6.07, 6.45) is 0. The molecule has 0 N–H and O–H groups in total. The second-order valence-corrected chi connectivity index (χ2v) is 0. The molecule has 0 heterocycles. The minimum absolute atomic E-state index is 0. The van der Waals surface area contributed by atoms with E-state index in [2.05, 4.69) is 0 Å². The topological polar surface area (TPSA) is 0 Å². The van der Waals surface area contributed by atoms with Crippen LogP contribution in [-0.4, -0.2) is 0 Å². The largest absolute Gasteiger partial charge is 0.147 e. The molecule has 0 bridgehead atoms. The molecule has 0 spiro atoms. The molecule has 4 heteroatoms. The Bertz CT molecular complexity index is 6.00. The minimum Gasteiger partial charge on any atom is -0.147 e. The third-order valence-corrected chi connectivity index (χ3v) is 0. The molecule has 0 aliphatic heterocycles. The van der Waals surface area contributed by atoms with E-state index >= 15 is 0 Å². The molecule has 28 valence electrons. The molecular weight excluding hydrogens is 220 g/mol. The zero-order valence-corrected chi connectivity index (χ0v) is 6.60. The molecule has 0 unspecified atom stereocenters. The van der Waals surface area contributed by atoms with Gasteiger partial charge < -0.3 is 0 Å². The number of halogens is 2. The van der Waals surface area contributed by atoms with E-state index in [4.69, 9.17) is 0 Å². The normalized spacial score (nSPS) is 0. The predicted octanol–water partition coefficient (Wildman–Crippen LogP) is 0.839. The van der Waals surface area contributed by atoms with E-state index < -0.39 is 0 Å². The van der Waals surface area contributed by atoms with Crippen molar-refractivity contribution in [1.82, 2.24) is 0 Å². The Morgan fingerprint density at radius 3 is 0.750 bits per heavy atom. The van der Waals surface area contributed by atoms with E-state index in [1.54, 1.807) is 0 Å². The molecule has 4 heavy (non-hydrogen) atoms. The summed E-state index contributed by atoms with van der Waals surface area (Å²) >= 11 is 0. The van der Waals surface area contributed by atoms with Crippen molar-refractivity contribution >= 4 is 24.8 Å². The summed E-state index contributed by atoms with van der Waals surface area (Å²) in [5, 5.41) is 0. The fourth-order valence-corrected chi connectivity index (χ4v) is 0. The summed E-state index contributed by atoms with van der Waals surface area (Å²) < 4.78 is 0. The van der Waals surface area contributed by atoms with Crippen LogP contribution in [0.25, 0.3) is 0 Å². The minimum atomic E-state index is 0. The van der Waals surface area contributed by atoms with E-state index in [1.165, 1.54) is 0 Å². The van der Waals surface area contributed by atoms with E-state index in [0.29, 0.717) is 0 Å². The van der Waals surface area contributed by atoms with E-state index in [9.17, 15) is 0 Å². The Hall–Kier alpha value is 1.92. The Balaban J connectivity index is 0. The molecule has 0 nitrogen and oxygen atoms in total. The molecule has 0 aromatic heterocycles. The van der Waals surface area contributed by atoms with Crippen LogP contribution in [0, 0.1) is 0 Å². The summed E-state index contributed by atoms with van der Waals surface area (Å²) in [5.41, 5.74) is 0. The summed E-state index contributed by atoms with van der Waals surface area (Å²) in [7, 11) is 0. The van der Waals surface area contributed by atoms with Crippen molar-refractivity contribution in [3.05, 3.63) is 0 Å². The van der Waals surface area contributed by atoms with Gasteiger partial charge in [-0.3, -0.25) is 0 Å². The molecule has 0 aliphatic rings. The molecule has 0 saturated heterocycles. The van der Waals surface area contributed by atoms with Crippen molar-refractivity contribution in [2.45, 2.75) is 0 Å². The zero-order chi connectivity index (χ0) is 0. The molecule has 0 aliphatic carbocycles. The van der Waals surface area contributed by atoms with Crippen LogP contribution in [0.2, 0.25) is 0 Å². The van der Waals surface area contributed by atoms with Crippen molar-refractivity contribution in [2.24, 2.45) is 0 Å². The first-order valence-corrected chi connectivity index (χ1v) is 0. The summed E-state index contributed by atoms with van der Waals surface area (Å²) in [4.78, 5) is 0. The van der Waals surface area contributed by atoms with Gasteiger partial charge in [0.2, 0.25) is 0 Å². The van der Waals surface area contributed by atoms with Crippen LogP contribution < -0.4 is 0 Å². The maximum atomic E-state index is 0. The van der Waals surface area contributed by atoms with Crippen molar-refractivity contribution in [1.29, 1.82) is 0 Å². The Morgan fingerprint density at radius 1 is 0.750 bits per heavy atom. The Kier molecular flexibility index (Phi) is 200. The predicted molar refractivity (Wildman–Crippen MR) is 14.5 cm³/mol. The second-order valence-electron chi connectivity index (χ2n) is 0. The molecule has 0 radical (unpaired) electrons. The number of hydrogen-bond donors (Lipinski definition) is 0. The van der Waals surface area contributed by atoms with Gasteiger partial charge in [0.05, 0.1) is 0 Å². The van der Waals surface area contributed by atoms with Gasteiger partial charge in [0.15, 0.2) is 0 Å². The Labute approximate surface area is 65.6 Å². The maximum absolute atomic E-state index is 0. The number of rotatable bonds is 0. The van der Waals surface area contributed by atoms with Crippen LogP contribution in [0.5, 0.6) is 0 Å². The van der Waals surface area contributed by atoms with E-state index in [0.717, 1.165) is 0 Å². The molecule has 0 atom stereocenters. The maximum Gasteiger partial charge on any atom is 0 e. The third kappa shape index (κ3) is 9.07. The third-order valence-electron chi connectivity index (χ3n) is 0. The van der Waals surface area contributed by atoms with E-state index in [1.807, 2.05) is 0 Å². The van der Waals surface area contributed by atoms with Gasteiger partial charge in [-0.2, -0.15) is 0 Å². The molecule has 0 rings (SSSR count). The van der Waals surface area contributed by atoms with Gasteiger partial charge in [0.25, 0.3) is 0 Å². The second kappa shape index (κ2) is 20.5. The summed E-state index contributed by atoms with van der Waals surface area (Å²) in [5.74, 6) is 0. The molecule has 0 amide bonds. The SMILES string of the molecule is Cl.Cl.[Ru].[Ti]. The van der Waals surface area contributed by atoms with Crippen LogP contribution in [-0.2, 0) is 41.2 Å². The first-order chi connectivity index (χ1) is 0. The van der Waals surface area contributed by atoms with Crippen molar-refractivity contribution < 1.29 is 41.2 Å². The molecule has 0 aromatic carbocycles. The molecule has 0 saturated carbocycles. The van der Waals surface area contributed by atoms with Gasteiger partial charge in [-0.25, -0.2) is 0 Å². The van der Waals surface area contributed by atoms with Crippen LogP contribution in [0.4, 0.5) is 0 Å². The van der Waals surface area contributed by atoms with Gasteiger partial charge >= 0.3 is 0 Å². The number of hydrogen-bond acceptors (Lipinski definition) is 0. The van der Waals surface area contributed by atoms with Gasteiger partial charge in [-0.15, -0.1) is 24.8 Å². The molecule has 0 fully saturated rings. The first-order valence-electron chi connectivity index (χ1n) is 0. The first kappa shape index (κ1) is 38.9. The fourth-order valence-electron chi connectivity index (χ4n) is 0. The van der Waals surface area contributed by atoms with Gasteiger partial charge in [0.1, 0.15) is 0 Å². The fraction of sp³-hybridized carbons (Fsp3) is 0. The summed E-state index contributed by atoms with van der Waals surface area (Å²) in [6, 6.07) is 0. The average Bonchev–Trinajstić information content (AvgIpc) is 0. The standard InChI is InChI=1S/2ClH.Ru.Ti/h2*1H;;. The summed E-state index contributed by atoms with van der Waals surface area (Å²) in [6.45, 7) is 0. The van der Waals surface area contributed by atoms with Gasteiger partial charge in [0, 0.05) is 41.2 Å². The van der Waals surface area contributed by atoms with Crippen LogP contribution in [0.1, 0.15) is 0 Å². The monoisotopic (exact) mass is 222 g/mol.